The number of para-hydroxylation sites is 1. The number of hydrogen-bond acceptors (Lipinski definition) is 3. The highest BCUT2D eigenvalue weighted by atomic mass is 16.2. The van der Waals surface area contributed by atoms with Gasteiger partial charge in [0.15, 0.2) is 0 Å². The van der Waals surface area contributed by atoms with Crippen LogP contribution < -0.4 is 4.90 Å². The molecule has 4 nitrogen and oxygen atoms in total. The highest BCUT2D eigenvalue weighted by Gasteiger charge is 2.42. The number of carbonyl (C=O) groups is 2. The maximum Gasteiger partial charge on any atom is 0.278 e. The smallest absolute Gasteiger partial charge is 0.278 e. The quantitative estimate of drug-likeness (QED) is 0.326. The lowest BCUT2D eigenvalue weighted by Gasteiger charge is -2.21. The fourth-order valence-electron chi connectivity index (χ4n) is 4.86. The summed E-state index contributed by atoms with van der Waals surface area (Å²) < 4.78 is 0. The Bertz CT molecular complexity index is 980. The Morgan fingerprint density at radius 2 is 1.41 bits per heavy atom. The Hall–Kier alpha value is -2.88. The lowest BCUT2D eigenvalue weighted by atomic mass is 10.0. The largest absolute Gasteiger partial charge is 0.336 e. The van der Waals surface area contributed by atoms with Crippen LogP contribution in [0.5, 0.6) is 0 Å². The zero-order valence-electron chi connectivity index (χ0n) is 19.2. The summed E-state index contributed by atoms with van der Waals surface area (Å²) in [5.74, 6) is -0.294. The Kier molecular flexibility index (Phi) is 7.41. The molecule has 32 heavy (non-hydrogen) atoms. The zero-order chi connectivity index (χ0) is 22.3. The van der Waals surface area contributed by atoms with Gasteiger partial charge in [0.25, 0.3) is 11.8 Å². The van der Waals surface area contributed by atoms with E-state index in [0.717, 1.165) is 37.1 Å². The number of hydrogen-bond donors (Lipinski definition) is 0. The Morgan fingerprint density at radius 1 is 0.750 bits per heavy atom. The molecule has 2 aromatic carbocycles. The van der Waals surface area contributed by atoms with Gasteiger partial charge in [-0.15, -0.1) is 0 Å². The lowest BCUT2D eigenvalue weighted by molar-refractivity contribution is -0.136. The van der Waals surface area contributed by atoms with Gasteiger partial charge in [-0.2, -0.15) is 0 Å². The van der Waals surface area contributed by atoms with Crippen molar-refractivity contribution in [2.24, 2.45) is 0 Å². The van der Waals surface area contributed by atoms with Crippen molar-refractivity contribution in [1.29, 1.82) is 0 Å². The summed E-state index contributed by atoms with van der Waals surface area (Å²) in [4.78, 5) is 30.5. The van der Waals surface area contributed by atoms with E-state index in [2.05, 4.69) is 24.0 Å². The molecule has 0 N–H and O–H groups in total. The molecule has 2 aliphatic rings. The number of nitrogens with zero attached hydrogens (tertiary/aromatic N) is 2. The second-order valence-electron chi connectivity index (χ2n) is 8.86. The minimum absolute atomic E-state index is 0.145. The molecule has 0 spiro atoms. The second-order valence-corrected chi connectivity index (χ2v) is 8.86. The molecule has 0 saturated carbocycles. The van der Waals surface area contributed by atoms with Crippen LogP contribution in [0.25, 0.3) is 5.57 Å². The fourth-order valence-corrected chi connectivity index (χ4v) is 4.86. The number of unbranched alkanes of at least 4 members (excludes halogenated alkanes) is 7. The Labute approximate surface area is 191 Å². The van der Waals surface area contributed by atoms with E-state index in [-0.39, 0.29) is 11.8 Å². The molecule has 0 saturated heterocycles. The monoisotopic (exact) mass is 430 g/mol. The van der Waals surface area contributed by atoms with Gasteiger partial charge in [-0.05, 0) is 30.0 Å². The van der Waals surface area contributed by atoms with E-state index in [4.69, 9.17) is 0 Å². The molecular formula is C28H34N2O2. The Morgan fingerprint density at radius 3 is 2.16 bits per heavy atom. The van der Waals surface area contributed by atoms with E-state index >= 15 is 0 Å². The van der Waals surface area contributed by atoms with Crippen molar-refractivity contribution in [3.8, 4) is 0 Å². The summed E-state index contributed by atoms with van der Waals surface area (Å²) in [6, 6.07) is 17.9. The number of fused-ring (bicyclic) bond motifs is 1. The van der Waals surface area contributed by atoms with Gasteiger partial charge in [-0.25, -0.2) is 0 Å². The molecule has 4 rings (SSSR count). The number of anilines is 1. The molecule has 0 fully saturated rings. The lowest BCUT2D eigenvalue weighted by Crippen LogP contribution is -2.35. The van der Waals surface area contributed by atoms with Crippen LogP contribution in [-0.2, 0) is 16.0 Å². The van der Waals surface area contributed by atoms with Crippen molar-refractivity contribution in [2.45, 2.75) is 64.7 Å². The van der Waals surface area contributed by atoms with Crippen molar-refractivity contribution in [3.63, 3.8) is 0 Å². The molecule has 0 bridgehead atoms. The van der Waals surface area contributed by atoms with Crippen molar-refractivity contribution >= 4 is 23.1 Å². The van der Waals surface area contributed by atoms with E-state index in [1.54, 1.807) is 0 Å². The van der Waals surface area contributed by atoms with Crippen LogP contribution in [0.1, 0.15) is 69.4 Å². The van der Waals surface area contributed by atoms with Gasteiger partial charge in [0.05, 0.1) is 5.57 Å². The van der Waals surface area contributed by atoms with Crippen LogP contribution in [-0.4, -0.2) is 29.8 Å². The van der Waals surface area contributed by atoms with Crippen LogP contribution in [0.15, 0.2) is 60.3 Å². The van der Waals surface area contributed by atoms with Crippen LogP contribution in [0.3, 0.4) is 0 Å². The third-order valence-electron chi connectivity index (χ3n) is 6.60. The predicted octanol–water partition coefficient (Wildman–Crippen LogP) is 5.97. The van der Waals surface area contributed by atoms with Crippen LogP contribution in [0.2, 0.25) is 0 Å². The molecule has 0 radical (unpaired) electrons. The minimum Gasteiger partial charge on any atom is -0.336 e. The summed E-state index contributed by atoms with van der Waals surface area (Å²) in [6.07, 6.45) is 10.4. The predicted molar refractivity (Wildman–Crippen MR) is 130 cm³/mol. The highest BCUT2D eigenvalue weighted by molar-refractivity contribution is 6.36. The van der Waals surface area contributed by atoms with Gasteiger partial charge in [-0.1, -0.05) is 100 Å². The first-order valence-electron chi connectivity index (χ1n) is 12.2. The van der Waals surface area contributed by atoms with Gasteiger partial charge in [0.1, 0.15) is 5.70 Å². The Balaban J connectivity index is 1.49. The molecule has 0 unspecified atom stereocenters. The van der Waals surface area contributed by atoms with Crippen LogP contribution in [0.4, 0.5) is 5.69 Å². The topological polar surface area (TPSA) is 40.6 Å². The van der Waals surface area contributed by atoms with Gasteiger partial charge < -0.3 is 4.90 Å². The molecule has 0 aromatic heterocycles. The zero-order valence-corrected chi connectivity index (χ0v) is 19.2. The first-order chi connectivity index (χ1) is 15.7. The van der Waals surface area contributed by atoms with Crippen molar-refractivity contribution in [2.75, 3.05) is 18.0 Å². The van der Waals surface area contributed by atoms with Crippen molar-refractivity contribution in [1.82, 2.24) is 4.90 Å². The summed E-state index contributed by atoms with van der Waals surface area (Å²) in [5, 5.41) is 0. The average Bonchev–Trinajstić information content (AvgIpc) is 3.35. The number of imide groups is 1. The van der Waals surface area contributed by atoms with E-state index in [1.807, 2.05) is 42.5 Å². The maximum atomic E-state index is 13.5. The average molecular weight is 431 g/mol. The molecule has 2 aromatic rings. The molecule has 2 amide bonds. The summed E-state index contributed by atoms with van der Waals surface area (Å²) >= 11 is 0. The van der Waals surface area contributed by atoms with E-state index < -0.39 is 0 Å². The normalized spacial score (nSPS) is 15.8. The van der Waals surface area contributed by atoms with Gasteiger partial charge >= 0.3 is 0 Å². The first-order valence-corrected chi connectivity index (χ1v) is 12.2. The van der Waals surface area contributed by atoms with Crippen LogP contribution >= 0.6 is 0 Å². The standard InChI is InChI=1S/C28H34N2O2/c1-2-3-4-5-6-7-8-14-20-30-27(31)25(23-16-10-9-11-17-23)26(28(30)32)29-21-19-22-15-12-13-18-24(22)29/h9-13,15-18H,2-8,14,19-21H2,1H3. The third-order valence-corrected chi connectivity index (χ3v) is 6.60. The first kappa shape index (κ1) is 22.3. The van der Waals surface area contributed by atoms with Crippen LogP contribution in [0, 0.1) is 0 Å². The minimum atomic E-state index is -0.150. The fraction of sp³-hybridized carbons (Fsp3) is 0.429. The summed E-state index contributed by atoms with van der Waals surface area (Å²) in [7, 11) is 0. The molecule has 0 atom stereocenters. The number of carbonyl (C=O) groups excluding carboxylic acids is 2. The maximum absolute atomic E-state index is 13.5. The number of rotatable bonds is 11. The molecule has 2 heterocycles. The van der Waals surface area contributed by atoms with E-state index in [9.17, 15) is 9.59 Å². The van der Waals surface area contributed by atoms with E-state index in [1.165, 1.54) is 49.0 Å². The van der Waals surface area contributed by atoms with Crippen molar-refractivity contribution < 1.29 is 9.59 Å². The molecule has 4 heteroatoms. The summed E-state index contributed by atoms with van der Waals surface area (Å²) in [6.45, 7) is 3.47. The molecule has 0 aliphatic carbocycles. The SMILES string of the molecule is CCCCCCCCCCN1C(=O)C(c2ccccc2)=C(N2CCc3ccccc32)C1=O. The number of benzene rings is 2. The molecule has 2 aliphatic heterocycles. The van der Waals surface area contributed by atoms with Gasteiger partial charge in [0.2, 0.25) is 0 Å². The summed E-state index contributed by atoms with van der Waals surface area (Å²) in [5.41, 5.74) is 4.20. The van der Waals surface area contributed by atoms with Crippen molar-refractivity contribution in [3.05, 3.63) is 71.4 Å². The van der Waals surface area contributed by atoms with E-state index in [0.29, 0.717) is 17.8 Å². The molecular weight excluding hydrogens is 396 g/mol. The molecule has 168 valence electrons. The number of amides is 2. The highest BCUT2D eigenvalue weighted by Crippen LogP contribution is 2.38. The third kappa shape index (κ3) is 4.64. The van der Waals surface area contributed by atoms with Gasteiger partial charge in [-0.3, -0.25) is 14.5 Å². The second kappa shape index (κ2) is 10.6. The van der Waals surface area contributed by atoms with Gasteiger partial charge in [0, 0.05) is 18.8 Å².